The molecule has 0 amide bonds. The van der Waals surface area contributed by atoms with E-state index in [1.54, 1.807) is 12.4 Å². The lowest BCUT2D eigenvalue weighted by molar-refractivity contribution is 1.32. The first-order valence-corrected chi connectivity index (χ1v) is 5.86. The lowest BCUT2D eigenvalue weighted by Gasteiger charge is -1.99. The first-order valence-electron chi connectivity index (χ1n) is 5.07. The number of pyridine rings is 1. The van der Waals surface area contributed by atoms with Crippen LogP contribution < -0.4 is 0 Å². The fourth-order valence-electron chi connectivity index (χ4n) is 1.44. The average molecular weight is 285 g/mol. The van der Waals surface area contributed by atoms with E-state index < -0.39 is 0 Å². The van der Waals surface area contributed by atoms with Gasteiger partial charge in [0.05, 0.1) is 11.6 Å². The van der Waals surface area contributed by atoms with Gasteiger partial charge in [0.15, 0.2) is 0 Å². The van der Waals surface area contributed by atoms with Gasteiger partial charge in [-0.15, -0.1) is 0 Å². The van der Waals surface area contributed by atoms with Crippen molar-refractivity contribution in [1.29, 1.82) is 5.26 Å². The number of hydrogen-bond donors (Lipinski definition) is 0. The topological polar surface area (TPSA) is 36.7 Å². The van der Waals surface area contributed by atoms with Crippen molar-refractivity contribution in [3.05, 3.63) is 64.4 Å². The van der Waals surface area contributed by atoms with Crippen molar-refractivity contribution in [3.63, 3.8) is 0 Å². The number of hydrogen-bond acceptors (Lipinski definition) is 2. The Morgan fingerprint density at radius 3 is 2.35 bits per heavy atom. The third-order valence-electron chi connectivity index (χ3n) is 2.29. The largest absolute Gasteiger partial charge is 0.265 e. The number of halogens is 1. The fraction of sp³-hybridized carbons (Fsp3) is 0. The van der Waals surface area contributed by atoms with Crippen LogP contribution in [0.3, 0.4) is 0 Å². The summed E-state index contributed by atoms with van der Waals surface area (Å²) < 4.78 is 1.00. The summed E-state index contributed by atoms with van der Waals surface area (Å²) in [6, 6.07) is 13.6. The lowest BCUT2D eigenvalue weighted by Crippen LogP contribution is -1.82. The molecule has 0 spiro atoms. The predicted molar refractivity (Wildman–Crippen MR) is 71.9 cm³/mol. The summed E-state index contributed by atoms with van der Waals surface area (Å²) in [5.74, 6) is 0. The highest BCUT2D eigenvalue weighted by molar-refractivity contribution is 9.10. The molecule has 0 aliphatic carbocycles. The Morgan fingerprint density at radius 1 is 1.12 bits per heavy atom. The van der Waals surface area contributed by atoms with Crippen molar-refractivity contribution in [2.45, 2.75) is 0 Å². The number of allylic oxidation sites excluding steroid dienone is 1. The number of nitriles is 1. The SMILES string of the molecule is N#C/C(=C\c1ccncc1)c1ccc(Br)cc1. The van der Waals surface area contributed by atoms with Crippen LogP contribution in [0, 0.1) is 11.3 Å². The van der Waals surface area contributed by atoms with Gasteiger partial charge < -0.3 is 0 Å². The summed E-state index contributed by atoms with van der Waals surface area (Å²) in [4.78, 5) is 3.94. The fourth-order valence-corrected chi connectivity index (χ4v) is 1.70. The van der Waals surface area contributed by atoms with Gasteiger partial charge in [0.1, 0.15) is 0 Å². The van der Waals surface area contributed by atoms with E-state index in [9.17, 15) is 0 Å². The normalized spacial score (nSPS) is 10.9. The Kier molecular flexibility index (Phi) is 3.69. The number of aromatic nitrogens is 1. The Balaban J connectivity index is 2.38. The molecule has 0 N–H and O–H groups in total. The van der Waals surface area contributed by atoms with E-state index in [2.05, 4.69) is 27.0 Å². The third kappa shape index (κ3) is 3.02. The van der Waals surface area contributed by atoms with Crippen LogP contribution >= 0.6 is 15.9 Å². The van der Waals surface area contributed by atoms with Crippen LogP contribution in [0.5, 0.6) is 0 Å². The molecule has 1 aromatic carbocycles. The zero-order valence-corrected chi connectivity index (χ0v) is 10.6. The molecule has 0 saturated carbocycles. The minimum absolute atomic E-state index is 0.642. The molecule has 0 unspecified atom stereocenters. The molecule has 0 atom stereocenters. The highest BCUT2D eigenvalue weighted by Crippen LogP contribution is 2.19. The molecule has 0 saturated heterocycles. The van der Waals surface area contributed by atoms with Gasteiger partial charge in [-0.05, 0) is 41.5 Å². The van der Waals surface area contributed by atoms with Gasteiger partial charge in [-0.25, -0.2) is 0 Å². The molecule has 1 aromatic heterocycles. The molecule has 3 heteroatoms. The van der Waals surface area contributed by atoms with Crippen molar-refractivity contribution < 1.29 is 0 Å². The van der Waals surface area contributed by atoms with Gasteiger partial charge in [-0.2, -0.15) is 5.26 Å². The van der Waals surface area contributed by atoms with Gasteiger partial charge >= 0.3 is 0 Å². The standard InChI is InChI=1S/C14H9BrN2/c15-14-3-1-12(2-4-14)13(10-16)9-11-5-7-17-8-6-11/h1-9H/b13-9+. The van der Waals surface area contributed by atoms with Crippen molar-refractivity contribution in [2.75, 3.05) is 0 Å². The molecular weight excluding hydrogens is 276 g/mol. The first kappa shape index (κ1) is 11.6. The number of rotatable bonds is 2. The van der Waals surface area contributed by atoms with Crippen LogP contribution in [0.15, 0.2) is 53.3 Å². The summed E-state index contributed by atoms with van der Waals surface area (Å²) in [6.45, 7) is 0. The molecule has 0 bridgehead atoms. The Labute approximate surface area is 108 Å². The van der Waals surface area contributed by atoms with Crippen molar-refractivity contribution in [2.24, 2.45) is 0 Å². The van der Waals surface area contributed by atoms with E-state index in [0.29, 0.717) is 5.57 Å². The molecule has 2 rings (SSSR count). The maximum Gasteiger partial charge on any atom is 0.0998 e. The van der Waals surface area contributed by atoms with E-state index in [1.165, 1.54) is 0 Å². The molecule has 2 nitrogen and oxygen atoms in total. The molecule has 0 aliphatic rings. The predicted octanol–water partition coefficient (Wildman–Crippen LogP) is 3.91. The Bertz CT molecular complexity index is 565. The molecule has 1 heterocycles. The van der Waals surface area contributed by atoms with Crippen LogP contribution in [-0.2, 0) is 0 Å². The monoisotopic (exact) mass is 284 g/mol. The van der Waals surface area contributed by atoms with Gasteiger partial charge in [0.25, 0.3) is 0 Å². The maximum absolute atomic E-state index is 9.16. The number of nitrogens with zero attached hydrogens (tertiary/aromatic N) is 2. The number of benzene rings is 1. The summed E-state index contributed by atoms with van der Waals surface area (Å²) >= 11 is 3.37. The van der Waals surface area contributed by atoms with Crippen molar-refractivity contribution >= 4 is 27.6 Å². The van der Waals surface area contributed by atoms with Gasteiger partial charge in [-0.3, -0.25) is 4.98 Å². The quantitative estimate of drug-likeness (QED) is 0.784. The van der Waals surface area contributed by atoms with E-state index >= 15 is 0 Å². The molecule has 0 radical (unpaired) electrons. The second kappa shape index (κ2) is 5.42. The van der Waals surface area contributed by atoms with Gasteiger partial charge in [0, 0.05) is 16.9 Å². The third-order valence-corrected chi connectivity index (χ3v) is 2.82. The van der Waals surface area contributed by atoms with Gasteiger partial charge in [-0.1, -0.05) is 28.1 Å². The van der Waals surface area contributed by atoms with Crippen LogP contribution in [0.1, 0.15) is 11.1 Å². The summed E-state index contributed by atoms with van der Waals surface area (Å²) in [5.41, 5.74) is 2.52. The minimum atomic E-state index is 0.642. The zero-order chi connectivity index (χ0) is 12.1. The van der Waals surface area contributed by atoms with E-state index in [-0.39, 0.29) is 0 Å². The second-order valence-electron chi connectivity index (χ2n) is 3.46. The smallest absolute Gasteiger partial charge is 0.0998 e. The summed E-state index contributed by atoms with van der Waals surface area (Å²) in [6.07, 6.45) is 5.27. The van der Waals surface area contributed by atoms with E-state index in [0.717, 1.165) is 15.6 Å². The van der Waals surface area contributed by atoms with Crippen LogP contribution in [-0.4, -0.2) is 4.98 Å². The molecule has 82 valence electrons. The average Bonchev–Trinajstić information content (AvgIpc) is 2.38. The molecule has 0 fully saturated rings. The Hall–Kier alpha value is -1.92. The molecule has 17 heavy (non-hydrogen) atoms. The highest BCUT2D eigenvalue weighted by Gasteiger charge is 2.00. The van der Waals surface area contributed by atoms with Gasteiger partial charge in [0.2, 0.25) is 0 Å². The van der Waals surface area contributed by atoms with E-state index in [1.807, 2.05) is 42.5 Å². The second-order valence-corrected chi connectivity index (χ2v) is 4.37. The molecular formula is C14H9BrN2. The van der Waals surface area contributed by atoms with Crippen molar-refractivity contribution in [3.8, 4) is 6.07 Å². The van der Waals surface area contributed by atoms with Crippen LogP contribution in [0.25, 0.3) is 11.6 Å². The lowest BCUT2D eigenvalue weighted by atomic mass is 10.0. The first-order chi connectivity index (χ1) is 8.29. The van der Waals surface area contributed by atoms with Crippen LogP contribution in [0.2, 0.25) is 0 Å². The maximum atomic E-state index is 9.16. The van der Waals surface area contributed by atoms with E-state index in [4.69, 9.17) is 5.26 Å². The summed E-state index contributed by atoms with van der Waals surface area (Å²) in [5, 5.41) is 9.16. The van der Waals surface area contributed by atoms with Crippen LogP contribution in [0.4, 0.5) is 0 Å². The molecule has 0 aliphatic heterocycles. The molecule has 2 aromatic rings. The van der Waals surface area contributed by atoms with Crippen molar-refractivity contribution in [1.82, 2.24) is 4.98 Å². The highest BCUT2D eigenvalue weighted by atomic mass is 79.9. The summed E-state index contributed by atoms with van der Waals surface area (Å²) in [7, 11) is 0. The minimum Gasteiger partial charge on any atom is -0.265 e. The Morgan fingerprint density at radius 2 is 1.76 bits per heavy atom. The zero-order valence-electron chi connectivity index (χ0n) is 8.97.